The largest absolute Gasteiger partial charge is 0.369 e. The summed E-state index contributed by atoms with van der Waals surface area (Å²) in [6.07, 6.45) is 2.20. The lowest BCUT2D eigenvalue weighted by Gasteiger charge is -2.45. The molecule has 1 unspecified atom stereocenters. The average Bonchev–Trinajstić information content (AvgIpc) is 2.49. The molecule has 0 aromatic heterocycles. The molecule has 132 valence electrons. The van der Waals surface area contributed by atoms with Gasteiger partial charge in [0.25, 0.3) is 11.8 Å². The van der Waals surface area contributed by atoms with Gasteiger partial charge in [0.15, 0.2) is 5.11 Å². The molecule has 1 fully saturated rings. The van der Waals surface area contributed by atoms with Crippen molar-refractivity contribution < 1.29 is 14.0 Å². The van der Waals surface area contributed by atoms with Crippen molar-refractivity contribution in [2.24, 2.45) is 0 Å². The highest BCUT2D eigenvalue weighted by Crippen LogP contribution is 2.43. The molecule has 2 aliphatic rings. The van der Waals surface area contributed by atoms with Gasteiger partial charge in [0.1, 0.15) is 11.4 Å². The number of thiocarbonyl (C=S) groups is 1. The highest BCUT2D eigenvalue weighted by molar-refractivity contribution is 7.80. The number of fused-ring (bicyclic) bond motifs is 1. The van der Waals surface area contributed by atoms with Crippen molar-refractivity contribution >= 4 is 40.9 Å². The second-order valence-electron chi connectivity index (χ2n) is 7.20. The average molecular weight is 361 g/mol. The molecule has 2 aliphatic heterocycles. The van der Waals surface area contributed by atoms with Gasteiger partial charge in [-0.15, -0.1) is 0 Å². The van der Waals surface area contributed by atoms with Gasteiger partial charge in [0.2, 0.25) is 0 Å². The molecular formula is C18H20FN3O2S. The van der Waals surface area contributed by atoms with Crippen LogP contribution >= 0.6 is 12.2 Å². The van der Waals surface area contributed by atoms with Crippen LogP contribution in [0.25, 0.3) is 6.08 Å². The molecule has 0 bridgehead atoms. The van der Waals surface area contributed by atoms with Gasteiger partial charge in [-0.1, -0.05) is 6.92 Å². The minimum Gasteiger partial charge on any atom is -0.369 e. The summed E-state index contributed by atoms with van der Waals surface area (Å²) in [6.45, 7) is 6.35. The standard InChI is InChI=1S/C18H20FN3O2S/c1-9-8-18(2,3)22(4)14-7-13(19)10(5-11(9)14)6-12-15(23)20-17(25)21-16(12)24/h5-7,9H,8H2,1-4H3,(H2,20,21,23,24,25). The molecule has 0 radical (unpaired) electrons. The van der Waals surface area contributed by atoms with Gasteiger partial charge >= 0.3 is 0 Å². The summed E-state index contributed by atoms with van der Waals surface area (Å²) in [7, 11) is 1.95. The number of hydrogen-bond donors (Lipinski definition) is 2. The van der Waals surface area contributed by atoms with E-state index in [9.17, 15) is 14.0 Å². The number of amides is 2. The normalized spacial score (nSPS) is 22.3. The van der Waals surface area contributed by atoms with E-state index in [1.807, 2.05) is 7.05 Å². The van der Waals surface area contributed by atoms with E-state index >= 15 is 0 Å². The summed E-state index contributed by atoms with van der Waals surface area (Å²) in [4.78, 5) is 26.0. The molecule has 5 nitrogen and oxygen atoms in total. The first-order valence-electron chi connectivity index (χ1n) is 8.06. The van der Waals surface area contributed by atoms with Crippen LogP contribution in [0.3, 0.4) is 0 Å². The molecule has 1 aromatic carbocycles. The van der Waals surface area contributed by atoms with Crippen LogP contribution in [0.1, 0.15) is 44.2 Å². The molecule has 2 heterocycles. The Kier molecular flexibility index (Phi) is 4.15. The molecule has 3 rings (SSSR count). The monoisotopic (exact) mass is 361 g/mol. The topological polar surface area (TPSA) is 61.4 Å². The second kappa shape index (κ2) is 5.91. The van der Waals surface area contributed by atoms with Crippen molar-refractivity contribution in [3.05, 3.63) is 34.6 Å². The van der Waals surface area contributed by atoms with Crippen LogP contribution in [-0.4, -0.2) is 29.5 Å². The van der Waals surface area contributed by atoms with E-state index in [-0.39, 0.29) is 27.7 Å². The molecule has 1 saturated heterocycles. The molecule has 2 N–H and O–H groups in total. The van der Waals surface area contributed by atoms with Crippen LogP contribution in [0.2, 0.25) is 0 Å². The molecule has 1 atom stereocenters. The fraction of sp³-hybridized carbons (Fsp3) is 0.389. The van der Waals surface area contributed by atoms with Crippen molar-refractivity contribution in [3.63, 3.8) is 0 Å². The Morgan fingerprint density at radius 2 is 1.88 bits per heavy atom. The van der Waals surface area contributed by atoms with Gasteiger partial charge in [-0.2, -0.15) is 0 Å². The summed E-state index contributed by atoms with van der Waals surface area (Å²) < 4.78 is 14.7. The molecule has 2 amide bonds. The number of carbonyl (C=O) groups is 2. The van der Waals surface area contributed by atoms with Gasteiger partial charge in [-0.25, -0.2) is 4.39 Å². The Morgan fingerprint density at radius 3 is 2.48 bits per heavy atom. The minimum absolute atomic E-state index is 0.0458. The van der Waals surface area contributed by atoms with Gasteiger partial charge in [0.05, 0.1) is 0 Å². The smallest absolute Gasteiger partial charge is 0.263 e. The van der Waals surface area contributed by atoms with Crippen LogP contribution < -0.4 is 15.5 Å². The zero-order valence-electron chi connectivity index (χ0n) is 14.6. The van der Waals surface area contributed by atoms with Crippen molar-refractivity contribution in [1.29, 1.82) is 0 Å². The van der Waals surface area contributed by atoms with Gasteiger partial charge in [0, 0.05) is 23.8 Å². The van der Waals surface area contributed by atoms with Gasteiger partial charge in [-0.05, 0) is 62.2 Å². The maximum Gasteiger partial charge on any atom is 0.263 e. The Bertz CT molecular complexity index is 810. The summed E-state index contributed by atoms with van der Waals surface area (Å²) in [5.74, 6) is -1.49. The number of carbonyl (C=O) groups excluding carboxylic acids is 2. The van der Waals surface area contributed by atoms with E-state index in [0.29, 0.717) is 0 Å². The maximum absolute atomic E-state index is 14.7. The lowest BCUT2D eigenvalue weighted by molar-refractivity contribution is -0.123. The third-order valence-electron chi connectivity index (χ3n) is 5.00. The molecule has 1 aromatic rings. The minimum atomic E-state index is -0.628. The SMILES string of the molecule is CC1CC(C)(C)N(C)c2cc(F)c(C=C3C(=O)NC(=S)NC3=O)cc21. The number of nitrogens with zero attached hydrogens (tertiary/aromatic N) is 1. The molecule has 7 heteroatoms. The van der Waals surface area contributed by atoms with E-state index in [1.54, 1.807) is 6.07 Å². The van der Waals surface area contributed by atoms with E-state index < -0.39 is 17.6 Å². The highest BCUT2D eigenvalue weighted by Gasteiger charge is 2.35. The lowest BCUT2D eigenvalue weighted by atomic mass is 9.80. The van der Waals surface area contributed by atoms with Crippen LogP contribution in [0.5, 0.6) is 0 Å². The predicted molar refractivity (Wildman–Crippen MR) is 98.8 cm³/mol. The first-order chi connectivity index (χ1) is 11.6. The van der Waals surface area contributed by atoms with E-state index in [1.165, 1.54) is 12.1 Å². The summed E-state index contributed by atoms with van der Waals surface area (Å²) in [5.41, 5.74) is 1.82. The van der Waals surface area contributed by atoms with Crippen LogP contribution in [0, 0.1) is 5.82 Å². The number of rotatable bonds is 1. The fourth-order valence-electron chi connectivity index (χ4n) is 3.48. The number of benzene rings is 1. The summed E-state index contributed by atoms with van der Waals surface area (Å²) >= 11 is 4.76. The summed E-state index contributed by atoms with van der Waals surface area (Å²) in [5, 5.41) is 4.65. The number of hydrogen-bond acceptors (Lipinski definition) is 4. The zero-order chi connectivity index (χ0) is 18.5. The number of nitrogens with one attached hydrogen (secondary N) is 2. The Balaban J connectivity index is 2.07. The van der Waals surface area contributed by atoms with Crippen molar-refractivity contribution in [3.8, 4) is 0 Å². The van der Waals surface area contributed by atoms with Crippen LogP contribution in [0.4, 0.5) is 10.1 Å². The Hall–Kier alpha value is -2.28. The molecular weight excluding hydrogens is 341 g/mol. The van der Waals surface area contributed by atoms with E-state index in [0.717, 1.165) is 17.7 Å². The molecule has 0 saturated carbocycles. The predicted octanol–water partition coefficient (Wildman–Crippen LogP) is 2.46. The first-order valence-corrected chi connectivity index (χ1v) is 8.46. The Labute approximate surface area is 151 Å². The van der Waals surface area contributed by atoms with E-state index in [2.05, 4.69) is 36.3 Å². The third kappa shape index (κ3) is 3.04. The quantitative estimate of drug-likeness (QED) is 0.458. The second-order valence-corrected chi connectivity index (χ2v) is 7.61. The maximum atomic E-state index is 14.7. The fourth-order valence-corrected chi connectivity index (χ4v) is 3.66. The van der Waals surface area contributed by atoms with Crippen LogP contribution in [-0.2, 0) is 9.59 Å². The number of anilines is 1. The third-order valence-corrected chi connectivity index (χ3v) is 5.20. The van der Waals surface area contributed by atoms with Gasteiger partial charge < -0.3 is 4.90 Å². The zero-order valence-corrected chi connectivity index (χ0v) is 15.4. The first kappa shape index (κ1) is 17.5. The molecule has 0 spiro atoms. The number of halogens is 1. The molecule has 25 heavy (non-hydrogen) atoms. The van der Waals surface area contributed by atoms with Crippen molar-refractivity contribution in [1.82, 2.24) is 10.6 Å². The van der Waals surface area contributed by atoms with Crippen molar-refractivity contribution in [2.45, 2.75) is 38.6 Å². The molecule has 0 aliphatic carbocycles. The highest BCUT2D eigenvalue weighted by atomic mass is 32.1. The van der Waals surface area contributed by atoms with E-state index in [4.69, 9.17) is 12.2 Å². The summed E-state index contributed by atoms with van der Waals surface area (Å²) in [6, 6.07) is 3.20. The van der Waals surface area contributed by atoms with Gasteiger partial charge in [-0.3, -0.25) is 20.2 Å². The Morgan fingerprint density at radius 1 is 1.28 bits per heavy atom. The van der Waals surface area contributed by atoms with Crippen LogP contribution in [0.15, 0.2) is 17.7 Å². The van der Waals surface area contributed by atoms with Crippen molar-refractivity contribution in [2.75, 3.05) is 11.9 Å². The lowest BCUT2D eigenvalue weighted by Crippen LogP contribution is -2.51.